The SMILES string of the molecule is N#Cc1cccc(CN2CCCC(N3CCOCC3)C2)c1. The number of nitrogens with zero attached hydrogens (tertiary/aromatic N) is 3. The topological polar surface area (TPSA) is 39.5 Å². The maximum atomic E-state index is 9.00. The van der Waals surface area contributed by atoms with Crippen molar-refractivity contribution in [1.82, 2.24) is 9.80 Å². The van der Waals surface area contributed by atoms with E-state index in [4.69, 9.17) is 10.00 Å². The molecule has 21 heavy (non-hydrogen) atoms. The Bertz CT molecular complexity index is 505. The summed E-state index contributed by atoms with van der Waals surface area (Å²) in [5.41, 5.74) is 2.01. The fraction of sp³-hybridized carbons (Fsp3) is 0.588. The van der Waals surface area contributed by atoms with Crippen molar-refractivity contribution in [2.24, 2.45) is 0 Å². The van der Waals surface area contributed by atoms with Gasteiger partial charge in [-0.1, -0.05) is 12.1 Å². The van der Waals surface area contributed by atoms with Gasteiger partial charge in [0.2, 0.25) is 0 Å². The van der Waals surface area contributed by atoms with Crippen molar-refractivity contribution in [3.05, 3.63) is 35.4 Å². The maximum Gasteiger partial charge on any atom is 0.0991 e. The van der Waals surface area contributed by atoms with Crippen LogP contribution < -0.4 is 0 Å². The summed E-state index contributed by atoms with van der Waals surface area (Å²) in [4.78, 5) is 5.11. The smallest absolute Gasteiger partial charge is 0.0991 e. The lowest BCUT2D eigenvalue weighted by Crippen LogP contribution is -2.51. The van der Waals surface area contributed by atoms with E-state index in [-0.39, 0.29) is 0 Å². The van der Waals surface area contributed by atoms with Crippen LogP contribution in [0.15, 0.2) is 24.3 Å². The van der Waals surface area contributed by atoms with Gasteiger partial charge in [-0.3, -0.25) is 9.80 Å². The molecule has 0 saturated carbocycles. The summed E-state index contributed by atoms with van der Waals surface area (Å²) in [6.07, 6.45) is 2.56. The van der Waals surface area contributed by atoms with Crippen LogP contribution in [0.2, 0.25) is 0 Å². The highest BCUT2D eigenvalue weighted by Crippen LogP contribution is 2.19. The number of nitriles is 1. The van der Waals surface area contributed by atoms with Gasteiger partial charge >= 0.3 is 0 Å². The van der Waals surface area contributed by atoms with Gasteiger partial charge in [0.05, 0.1) is 24.8 Å². The van der Waals surface area contributed by atoms with Crippen LogP contribution in [-0.4, -0.2) is 55.2 Å². The molecule has 0 amide bonds. The Hall–Kier alpha value is -1.41. The van der Waals surface area contributed by atoms with E-state index in [0.717, 1.165) is 51.5 Å². The fourth-order valence-electron chi connectivity index (χ4n) is 3.41. The second kappa shape index (κ2) is 7.04. The molecule has 1 unspecified atom stereocenters. The molecule has 0 N–H and O–H groups in total. The van der Waals surface area contributed by atoms with Crippen molar-refractivity contribution in [3.8, 4) is 6.07 Å². The summed E-state index contributed by atoms with van der Waals surface area (Å²) in [6.45, 7) is 7.15. The summed E-state index contributed by atoms with van der Waals surface area (Å²) in [6, 6.07) is 10.9. The summed E-state index contributed by atoms with van der Waals surface area (Å²) in [7, 11) is 0. The first kappa shape index (κ1) is 14.5. The Kier molecular flexibility index (Phi) is 4.87. The summed E-state index contributed by atoms with van der Waals surface area (Å²) in [5.74, 6) is 0. The maximum absolute atomic E-state index is 9.00. The average molecular weight is 285 g/mol. The van der Waals surface area contributed by atoms with Crippen LogP contribution in [0.25, 0.3) is 0 Å². The molecule has 1 aromatic carbocycles. The minimum absolute atomic E-state index is 0.668. The highest BCUT2D eigenvalue weighted by molar-refractivity contribution is 5.32. The number of piperidine rings is 1. The van der Waals surface area contributed by atoms with Gasteiger partial charge in [-0.05, 0) is 37.1 Å². The molecular weight excluding hydrogens is 262 g/mol. The molecule has 1 atom stereocenters. The fourth-order valence-corrected chi connectivity index (χ4v) is 3.41. The predicted molar refractivity (Wildman–Crippen MR) is 81.8 cm³/mol. The average Bonchev–Trinajstić information content (AvgIpc) is 2.56. The third kappa shape index (κ3) is 3.82. The molecule has 1 aromatic rings. The van der Waals surface area contributed by atoms with E-state index in [2.05, 4.69) is 21.9 Å². The standard InChI is InChI=1S/C17H23N3O/c18-12-15-3-1-4-16(11-15)13-19-6-2-5-17(14-19)20-7-9-21-10-8-20/h1,3-4,11,17H,2,5-10,13-14H2. The Labute approximate surface area is 126 Å². The van der Waals surface area contributed by atoms with E-state index in [1.807, 2.05) is 18.2 Å². The zero-order valence-electron chi connectivity index (χ0n) is 12.5. The molecule has 112 valence electrons. The third-order valence-electron chi connectivity index (χ3n) is 4.50. The van der Waals surface area contributed by atoms with Gasteiger partial charge in [0.1, 0.15) is 0 Å². The molecule has 0 aromatic heterocycles. The lowest BCUT2D eigenvalue weighted by Gasteiger charge is -2.41. The van der Waals surface area contributed by atoms with Gasteiger partial charge in [0.15, 0.2) is 0 Å². The number of benzene rings is 1. The van der Waals surface area contributed by atoms with Crippen LogP contribution in [0.1, 0.15) is 24.0 Å². The number of likely N-dealkylation sites (tertiary alicyclic amines) is 1. The van der Waals surface area contributed by atoms with E-state index >= 15 is 0 Å². The van der Waals surface area contributed by atoms with Crippen LogP contribution in [-0.2, 0) is 11.3 Å². The number of hydrogen-bond donors (Lipinski definition) is 0. The summed E-state index contributed by atoms with van der Waals surface area (Å²) in [5, 5.41) is 9.00. The lowest BCUT2D eigenvalue weighted by molar-refractivity contribution is -0.00358. The highest BCUT2D eigenvalue weighted by atomic mass is 16.5. The predicted octanol–water partition coefficient (Wildman–Crippen LogP) is 1.85. The van der Waals surface area contributed by atoms with E-state index in [1.54, 1.807) is 0 Å². The molecule has 2 heterocycles. The van der Waals surface area contributed by atoms with E-state index in [9.17, 15) is 0 Å². The van der Waals surface area contributed by atoms with Crippen LogP contribution in [0.3, 0.4) is 0 Å². The van der Waals surface area contributed by atoms with Gasteiger partial charge < -0.3 is 4.74 Å². The molecule has 0 radical (unpaired) electrons. The Morgan fingerprint density at radius 2 is 2.10 bits per heavy atom. The third-order valence-corrected chi connectivity index (χ3v) is 4.50. The normalized spacial score (nSPS) is 24.6. The molecule has 2 aliphatic rings. The van der Waals surface area contributed by atoms with Crippen molar-refractivity contribution in [3.63, 3.8) is 0 Å². The molecule has 4 heteroatoms. The quantitative estimate of drug-likeness (QED) is 0.850. The van der Waals surface area contributed by atoms with Gasteiger partial charge in [-0.2, -0.15) is 5.26 Å². The van der Waals surface area contributed by atoms with E-state index in [0.29, 0.717) is 6.04 Å². The van der Waals surface area contributed by atoms with Crippen molar-refractivity contribution in [2.75, 3.05) is 39.4 Å². The van der Waals surface area contributed by atoms with Crippen LogP contribution in [0.4, 0.5) is 0 Å². The second-order valence-electron chi connectivity index (χ2n) is 5.99. The molecular formula is C17H23N3O. The second-order valence-corrected chi connectivity index (χ2v) is 5.99. The van der Waals surface area contributed by atoms with Crippen LogP contribution in [0.5, 0.6) is 0 Å². The molecule has 0 spiro atoms. The minimum Gasteiger partial charge on any atom is -0.379 e. The first-order chi connectivity index (χ1) is 10.3. The summed E-state index contributed by atoms with van der Waals surface area (Å²) < 4.78 is 5.45. The molecule has 2 saturated heterocycles. The van der Waals surface area contributed by atoms with Crippen molar-refractivity contribution in [2.45, 2.75) is 25.4 Å². The number of rotatable bonds is 3. The number of ether oxygens (including phenoxy) is 1. The highest BCUT2D eigenvalue weighted by Gasteiger charge is 2.26. The molecule has 2 aliphatic heterocycles. The summed E-state index contributed by atoms with van der Waals surface area (Å²) >= 11 is 0. The van der Waals surface area contributed by atoms with Gasteiger partial charge in [-0.25, -0.2) is 0 Å². The minimum atomic E-state index is 0.668. The van der Waals surface area contributed by atoms with Crippen molar-refractivity contribution in [1.29, 1.82) is 5.26 Å². The van der Waals surface area contributed by atoms with E-state index in [1.165, 1.54) is 18.4 Å². The number of morpholine rings is 1. The molecule has 4 nitrogen and oxygen atoms in total. The molecule has 0 bridgehead atoms. The Morgan fingerprint density at radius 1 is 1.24 bits per heavy atom. The molecule has 0 aliphatic carbocycles. The first-order valence-electron chi connectivity index (χ1n) is 7.88. The van der Waals surface area contributed by atoms with Gasteiger partial charge in [0, 0.05) is 32.2 Å². The number of hydrogen-bond acceptors (Lipinski definition) is 4. The Morgan fingerprint density at radius 3 is 2.90 bits per heavy atom. The monoisotopic (exact) mass is 285 g/mol. The van der Waals surface area contributed by atoms with Crippen LogP contribution in [0, 0.1) is 11.3 Å². The zero-order chi connectivity index (χ0) is 14.5. The largest absolute Gasteiger partial charge is 0.379 e. The lowest BCUT2D eigenvalue weighted by atomic mass is 10.0. The first-order valence-corrected chi connectivity index (χ1v) is 7.88. The van der Waals surface area contributed by atoms with Gasteiger partial charge in [0.25, 0.3) is 0 Å². The van der Waals surface area contributed by atoms with Crippen molar-refractivity contribution >= 4 is 0 Å². The van der Waals surface area contributed by atoms with E-state index < -0.39 is 0 Å². The van der Waals surface area contributed by atoms with Gasteiger partial charge in [-0.15, -0.1) is 0 Å². The molecule has 2 fully saturated rings. The zero-order valence-corrected chi connectivity index (χ0v) is 12.5. The Balaban J connectivity index is 1.59. The van der Waals surface area contributed by atoms with Crippen LogP contribution >= 0.6 is 0 Å². The van der Waals surface area contributed by atoms with Crippen molar-refractivity contribution < 1.29 is 4.74 Å². The molecule has 3 rings (SSSR count).